The molecule has 0 saturated carbocycles. The Morgan fingerprint density at radius 2 is 2.15 bits per heavy atom. The van der Waals surface area contributed by atoms with E-state index in [4.69, 9.17) is 4.74 Å². The smallest absolute Gasteiger partial charge is 0.132 e. The summed E-state index contributed by atoms with van der Waals surface area (Å²) in [4.78, 5) is 10.8. The van der Waals surface area contributed by atoms with Crippen molar-refractivity contribution >= 4 is 5.78 Å². The molecular formula is C11H20O2. The number of methoxy groups -OCH3 is 1. The van der Waals surface area contributed by atoms with Crippen LogP contribution in [0.15, 0.2) is 12.2 Å². The lowest BCUT2D eigenvalue weighted by Crippen LogP contribution is -2.13. The van der Waals surface area contributed by atoms with Crippen molar-refractivity contribution in [2.45, 2.75) is 45.6 Å². The van der Waals surface area contributed by atoms with Crippen molar-refractivity contribution in [3.63, 3.8) is 0 Å². The lowest BCUT2D eigenvalue weighted by atomic mass is 10.1. The molecule has 0 aliphatic rings. The lowest BCUT2D eigenvalue weighted by Gasteiger charge is -2.10. The van der Waals surface area contributed by atoms with Gasteiger partial charge in [0, 0.05) is 13.5 Å². The maximum atomic E-state index is 10.8. The molecule has 0 aliphatic carbocycles. The maximum Gasteiger partial charge on any atom is 0.132 e. The Balaban J connectivity index is 3.64. The number of ketones is 1. The number of unbranched alkanes of at least 4 members (excludes halogenated alkanes) is 1. The van der Waals surface area contributed by atoms with Crippen LogP contribution in [0.2, 0.25) is 0 Å². The third-order valence-corrected chi connectivity index (χ3v) is 1.87. The molecule has 0 radical (unpaired) electrons. The molecule has 0 aromatic rings. The van der Waals surface area contributed by atoms with Crippen LogP contribution in [-0.4, -0.2) is 19.0 Å². The number of ether oxygens (including phenoxy) is 1. The van der Waals surface area contributed by atoms with Gasteiger partial charge in [0.15, 0.2) is 0 Å². The largest absolute Gasteiger partial charge is 0.381 e. The number of hydrogen-bond acceptors (Lipinski definition) is 2. The average Bonchev–Trinajstić information content (AvgIpc) is 2.09. The summed E-state index contributed by atoms with van der Waals surface area (Å²) in [5.74, 6) is 0.191. The van der Waals surface area contributed by atoms with Gasteiger partial charge in [0.1, 0.15) is 5.78 Å². The average molecular weight is 184 g/mol. The zero-order chi connectivity index (χ0) is 10.1. The molecule has 2 heteroatoms. The Labute approximate surface area is 81.0 Å². The SMILES string of the molecule is CCC/C=C/CC(CC(C)=O)OC. The van der Waals surface area contributed by atoms with Gasteiger partial charge in [-0.25, -0.2) is 0 Å². The van der Waals surface area contributed by atoms with Gasteiger partial charge in [0.2, 0.25) is 0 Å². The Hall–Kier alpha value is -0.630. The van der Waals surface area contributed by atoms with E-state index >= 15 is 0 Å². The summed E-state index contributed by atoms with van der Waals surface area (Å²) in [6.07, 6.45) is 7.94. The number of allylic oxidation sites excluding steroid dienone is 1. The molecule has 0 rings (SSSR count). The Morgan fingerprint density at radius 1 is 1.46 bits per heavy atom. The first kappa shape index (κ1) is 12.4. The van der Waals surface area contributed by atoms with E-state index < -0.39 is 0 Å². The Kier molecular flexibility index (Phi) is 7.60. The Morgan fingerprint density at radius 3 is 2.62 bits per heavy atom. The highest BCUT2D eigenvalue weighted by Crippen LogP contribution is 2.05. The van der Waals surface area contributed by atoms with E-state index in [0.717, 1.165) is 12.8 Å². The van der Waals surface area contributed by atoms with Gasteiger partial charge in [-0.05, 0) is 19.8 Å². The van der Waals surface area contributed by atoms with Crippen LogP contribution in [0.25, 0.3) is 0 Å². The van der Waals surface area contributed by atoms with Crippen LogP contribution >= 0.6 is 0 Å². The second-order valence-electron chi connectivity index (χ2n) is 3.26. The number of Topliss-reactive ketones (excluding diaryl/α,β-unsaturated/α-hetero) is 1. The van der Waals surface area contributed by atoms with E-state index in [2.05, 4.69) is 19.1 Å². The molecule has 0 heterocycles. The highest BCUT2D eigenvalue weighted by Gasteiger charge is 2.07. The zero-order valence-electron chi connectivity index (χ0n) is 8.88. The van der Waals surface area contributed by atoms with Gasteiger partial charge < -0.3 is 4.74 Å². The van der Waals surface area contributed by atoms with E-state index in [1.54, 1.807) is 14.0 Å². The highest BCUT2D eigenvalue weighted by molar-refractivity contribution is 5.75. The van der Waals surface area contributed by atoms with Crippen LogP contribution in [0.5, 0.6) is 0 Å². The summed E-state index contributed by atoms with van der Waals surface area (Å²) in [6.45, 7) is 3.75. The molecule has 0 saturated heterocycles. The maximum absolute atomic E-state index is 10.8. The van der Waals surface area contributed by atoms with Gasteiger partial charge >= 0.3 is 0 Å². The first-order valence-corrected chi connectivity index (χ1v) is 4.88. The number of hydrogen-bond donors (Lipinski definition) is 0. The molecule has 76 valence electrons. The van der Waals surface area contributed by atoms with Gasteiger partial charge in [-0.3, -0.25) is 4.79 Å². The molecule has 0 spiro atoms. The summed E-state index contributed by atoms with van der Waals surface area (Å²) in [5, 5.41) is 0. The molecule has 0 fully saturated rings. The second kappa shape index (κ2) is 7.99. The van der Waals surface area contributed by atoms with Gasteiger partial charge in [0.05, 0.1) is 6.10 Å². The molecule has 0 aromatic carbocycles. The number of rotatable bonds is 7. The predicted molar refractivity (Wildman–Crippen MR) is 54.8 cm³/mol. The molecule has 0 amide bonds. The van der Waals surface area contributed by atoms with Gasteiger partial charge in [-0.1, -0.05) is 25.5 Å². The molecule has 0 N–H and O–H groups in total. The highest BCUT2D eigenvalue weighted by atomic mass is 16.5. The molecule has 0 aliphatic heterocycles. The number of carbonyl (C=O) groups is 1. The standard InChI is InChI=1S/C11H20O2/c1-4-5-6-7-8-11(13-3)9-10(2)12/h6-7,11H,4-5,8-9H2,1-3H3/b7-6+. The molecule has 1 atom stereocenters. The molecule has 0 aromatic heterocycles. The minimum atomic E-state index is 0.0607. The molecule has 0 bridgehead atoms. The molecule has 13 heavy (non-hydrogen) atoms. The van der Waals surface area contributed by atoms with Crippen LogP contribution in [0.4, 0.5) is 0 Å². The summed E-state index contributed by atoms with van der Waals surface area (Å²) < 4.78 is 5.17. The van der Waals surface area contributed by atoms with Crippen molar-refractivity contribution < 1.29 is 9.53 Å². The fraction of sp³-hybridized carbons (Fsp3) is 0.727. The van der Waals surface area contributed by atoms with Crippen molar-refractivity contribution in [1.82, 2.24) is 0 Å². The van der Waals surface area contributed by atoms with Crippen molar-refractivity contribution in [3.05, 3.63) is 12.2 Å². The fourth-order valence-corrected chi connectivity index (χ4v) is 1.12. The van der Waals surface area contributed by atoms with Crippen molar-refractivity contribution in [2.24, 2.45) is 0 Å². The first-order chi connectivity index (χ1) is 6.20. The van der Waals surface area contributed by atoms with Crippen LogP contribution in [-0.2, 0) is 9.53 Å². The summed E-state index contributed by atoms with van der Waals surface area (Å²) in [7, 11) is 1.65. The minimum absolute atomic E-state index is 0.0607. The quantitative estimate of drug-likeness (QED) is 0.569. The molecule has 2 nitrogen and oxygen atoms in total. The van der Waals surface area contributed by atoms with E-state index in [1.165, 1.54) is 6.42 Å². The fourth-order valence-electron chi connectivity index (χ4n) is 1.12. The van der Waals surface area contributed by atoms with Crippen molar-refractivity contribution in [1.29, 1.82) is 0 Å². The normalized spacial score (nSPS) is 13.5. The summed E-state index contributed by atoms with van der Waals surface area (Å²) in [5.41, 5.74) is 0. The second-order valence-corrected chi connectivity index (χ2v) is 3.26. The van der Waals surface area contributed by atoms with Gasteiger partial charge in [-0.2, -0.15) is 0 Å². The Bertz CT molecular complexity index is 161. The molecule has 1 unspecified atom stereocenters. The van der Waals surface area contributed by atoms with E-state index in [1.807, 2.05) is 0 Å². The minimum Gasteiger partial charge on any atom is -0.381 e. The van der Waals surface area contributed by atoms with Crippen LogP contribution in [0, 0.1) is 0 Å². The van der Waals surface area contributed by atoms with Gasteiger partial charge in [-0.15, -0.1) is 0 Å². The van der Waals surface area contributed by atoms with Crippen LogP contribution in [0.3, 0.4) is 0 Å². The first-order valence-electron chi connectivity index (χ1n) is 4.88. The third-order valence-electron chi connectivity index (χ3n) is 1.87. The molecular weight excluding hydrogens is 164 g/mol. The monoisotopic (exact) mass is 184 g/mol. The van der Waals surface area contributed by atoms with E-state index in [0.29, 0.717) is 6.42 Å². The van der Waals surface area contributed by atoms with Gasteiger partial charge in [0.25, 0.3) is 0 Å². The van der Waals surface area contributed by atoms with Crippen molar-refractivity contribution in [3.8, 4) is 0 Å². The van der Waals surface area contributed by atoms with E-state index in [-0.39, 0.29) is 11.9 Å². The summed E-state index contributed by atoms with van der Waals surface area (Å²) in [6, 6.07) is 0. The summed E-state index contributed by atoms with van der Waals surface area (Å²) >= 11 is 0. The zero-order valence-corrected chi connectivity index (χ0v) is 8.88. The van der Waals surface area contributed by atoms with E-state index in [9.17, 15) is 4.79 Å². The third kappa shape index (κ3) is 7.72. The predicted octanol–water partition coefficient (Wildman–Crippen LogP) is 2.73. The van der Waals surface area contributed by atoms with Crippen molar-refractivity contribution in [2.75, 3.05) is 7.11 Å². The number of carbonyl (C=O) groups excluding carboxylic acids is 1. The lowest BCUT2D eigenvalue weighted by molar-refractivity contribution is -0.119. The topological polar surface area (TPSA) is 26.3 Å². The van der Waals surface area contributed by atoms with Crippen LogP contribution < -0.4 is 0 Å². The van der Waals surface area contributed by atoms with Crippen LogP contribution in [0.1, 0.15) is 39.5 Å².